The Hall–Kier alpha value is -4.00. The number of imidazole rings is 1. The fourth-order valence-electron chi connectivity index (χ4n) is 3.67. The first-order chi connectivity index (χ1) is 14.6. The van der Waals surface area contributed by atoms with Crippen molar-refractivity contribution in [2.24, 2.45) is 0 Å². The number of para-hydroxylation sites is 2. The molecule has 1 atom stereocenters. The first-order valence-electron chi connectivity index (χ1n) is 9.37. The first-order valence-corrected chi connectivity index (χ1v) is 9.37. The Kier molecular flexibility index (Phi) is 4.28. The minimum Gasteiger partial charge on any atom is -0.338 e. The zero-order valence-corrected chi connectivity index (χ0v) is 15.6. The maximum atomic E-state index is 14.0. The number of amides is 2. The van der Waals surface area contributed by atoms with Crippen LogP contribution in [0.5, 0.6) is 0 Å². The van der Waals surface area contributed by atoms with Gasteiger partial charge in [-0.05, 0) is 35.4 Å². The number of urea groups is 1. The molecule has 7 heteroatoms. The van der Waals surface area contributed by atoms with Crippen LogP contribution in [0.4, 0.5) is 13.6 Å². The molecular formula is C23H16F2N4O. The van der Waals surface area contributed by atoms with E-state index in [2.05, 4.69) is 20.6 Å². The Morgan fingerprint density at radius 3 is 2.40 bits per heavy atom. The maximum absolute atomic E-state index is 14.0. The van der Waals surface area contributed by atoms with Gasteiger partial charge in [0.2, 0.25) is 0 Å². The Labute approximate surface area is 170 Å². The molecule has 30 heavy (non-hydrogen) atoms. The lowest BCUT2D eigenvalue weighted by Crippen LogP contribution is -2.43. The van der Waals surface area contributed by atoms with Crippen molar-refractivity contribution in [1.82, 2.24) is 20.6 Å². The maximum Gasteiger partial charge on any atom is 0.320 e. The lowest BCUT2D eigenvalue weighted by Gasteiger charge is -2.30. The summed E-state index contributed by atoms with van der Waals surface area (Å²) in [4.78, 5) is 20.4. The summed E-state index contributed by atoms with van der Waals surface area (Å²) in [5.74, 6) is -1.40. The number of rotatable bonds is 3. The molecule has 0 aliphatic carbocycles. The zero-order chi connectivity index (χ0) is 20.7. The number of hydrogen-bond donors (Lipinski definition) is 3. The van der Waals surface area contributed by atoms with Gasteiger partial charge in [-0.15, -0.1) is 0 Å². The van der Waals surface area contributed by atoms with Crippen LogP contribution in [-0.4, -0.2) is 16.0 Å². The normalized spacial score (nSPS) is 16.5. The van der Waals surface area contributed by atoms with Gasteiger partial charge in [0.25, 0.3) is 0 Å². The minimum atomic E-state index is -0.981. The third-order valence-electron chi connectivity index (χ3n) is 5.06. The van der Waals surface area contributed by atoms with Gasteiger partial charge < -0.3 is 15.6 Å². The van der Waals surface area contributed by atoms with E-state index in [4.69, 9.17) is 0 Å². The van der Waals surface area contributed by atoms with Gasteiger partial charge in [-0.25, -0.2) is 18.6 Å². The molecule has 2 amide bonds. The van der Waals surface area contributed by atoms with E-state index in [1.807, 2.05) is 54.6 Å². The number of carbonyl (C=O) groups excluding carboxylic acids is 1. The summed E-state index contributed by atoms with van der Waals surface area (Å²) >= 11 is 0. The average Bonchev–Trinajstić information content (AvgIpc) is 3.19. The third-order valence-corrected chi connectivity index (χ3v) is 5.06. The van der Waals surface area contributed by atoms with Crippen molar-refractivity contribution >= 4 is 28.3 Å². The fraction of sp³-hybridized carbons (Fsp3) is 0.0435. The monoisotopic (exact) mass is 402 g/mol. The van der Waals surface area contributed by atoms with Gasteiger partial charge in [-0.1, -0.05) is 48.5 Å². The Morgan fingerprint density at radius 1 is 0.867 bits per heavy atom. The largest absolute Gasteiger partial charge is 0.338 e. The van der Waals surface area contributed by atoms with Gasteiger partial charge in [-0.3, -0.25) is 0 Å². The summed E-state index contributed by atoms with van der Waals surface area (Å²) in [6.45, 7) is 0. The van der Waals surface area contributed by atoms with E-state index in [1.54, 1.807) is 0 Å². The van der Waals surface area contributed by atoms with Crippen LogP contribution in [0.1, 0.15) is 23.0 Å². The average molecular weight is 402 g/mol. The van der Waals surface area contributed by atoms with Crippen molar-refractivity contribution < 1.29 is 13.6 Å². The minimum absolute atomic E-state index is 0.410. The highest BCUT2D eigenvalue weighted by atomic mass is 19.2. The van der Waals surface area contributed by atoms with Crippen LogP contribution in [0.15, 0.2) is 72.8 Å². The topological polar surface area (TPSA) is 69.8 Å². The van der Waals surface area contributed by atoms with E-state index in [1.165, 1.54) is 6.07 Å². The highest BCUT2D eigenvalue weighted by Crippen LogP contribution is 2.37. The lowest BCUT2D eigenvalue weighted by atomic mass is 9.92. The molecule has 0 spiro atoms. The molecule has 5 rings (SSSR count). The fourth-order valence-corrected chi connectivity index (χ4v) is 3.67. The second kappa shape index (κ2) is 7.11. The Bertz CT molecular complexity index is 1260. The molecule has 0 radical (unpaired) electrons. The molecule has 0 fully saturated rings. The van der Waals surface area contributed by atoms with Gasteiger partial charge in [0.05, 0.1) is 22.8 Å². The Balaban J connectivity index is 1.77. The summed E-state index contributed by atoms with van der Waals surface area (Å²) < 4.78 is 27.5. The number of benzene rings is 3. The molecule has 1 aliphatic heterocycles. The molecule has 4 aromatic rings. The Morgan fingerprint density at radius 2 is 1.63 bits per heavy atom. The molecule has 3 aromatic carbocycles. The number of halogens is 2. The van der Waals surface area contributed by atoms with Crippen LogP contribution in [-0.2, 0) is 0 Å². The highest BCUT2D eigenvalue weighted by molar-refractivity contribution is 6.02. The molecule has 2 heterocycles. The van der Waals surface area contributed by atoms with E-state index in [-0.39, 0.29) is 0 Å². The molecule has 0 bridgehead atoms. The van der Waals surface area contributed by atoms with Crippen LogP contribution in [0.2, 0.25) is 0 Å². The lowest BCUT2D eigenvalue weighted by molar-refractivity contribution is 0.242. The summed E-state index contributed by atoms with van der Waals surface area (Å²) in [5.41, 5.74) is 3.95. The SMILES string of the molecule is O=C1NC(c2ccccc2)=C(c2nc3ccccc3[nH]2)[C@H](c2ccc(F)c(F)c2)N1. The van der Waals surface area contributed by atoms with E-state index in [9.17, 15) is 13.6 Å². The number of carbonyl (C=O) groups is 1. The van der Waals surface area contributed by atoms with Crippen LogP contribution < -0.4 is 10.6 Å². The van der Waals surface area contributed by atoms with E-state index in [0.29, 0.717) is 22.7 Å². The number of nitrogens with zero attached hydrogens (tertiary/aromatic N) is 1. The summed E-state index contributed by atoms with van der Waals surface area (Å²) in [6.07, 6.45) is 0. The quantitative estimate of drug-likeness (QED) is 0.462. The van der Waals surface area contributed by atoms with Crippen LogP contribution in [0, 0.1) is 11.6 Å². The number of aromatic amines is 1. The smallest absolute Gasteiger partial charge is 0.320 e. The van der Waals surface area contributed by atoms with Crippen molar-refractivity contribution in [3.05, 3.63) is 101 Å². The van der Waals surface area contributed by atoms with Gasteiger partial charge in [0.1, 0.15) is 5.82 Å². The second-order valence-electron chi connectivity index (χ2n) is 6.96. The van der Waals surface area contributed by atoms with Crippen molar-refractivity contribution in [1.29, 1.82) is 0 Å². The van der Waals surface area contributed by atoms with E-state index in [0.717, 1.165) is 28.7 Å². The van der Waals surface area contributed by atoms with Gasteiger partial charge in [0, 0.05) is 5.57 Å². The molecule has 5 nitrogen and oxygen atoms in total. The standard InChI is InChI=1S/C23H16F2N4O/c24-15-11-10-14(12-16(15)25)21-19(22-26-17-8-4-5-9-18(17)27-22)20(28-23(30)29-21)13-6-2-1-3-7-13/h1-12,21H,(H,26,27)(H2,28,29,30)/t21-/m0/s1. The van der Waals surface area contributed by atoms with Crippen LogP contribution >= 0.6 is 0 Å². The third kappa shape index (κ3) is 3.10. The van der Waals surface area contributed by atoms with E-state index < -0.39 is 23.7 Å². The van der Waals surface area contributed by atoms with E-state index >= 15 is 0 Å². The van der Waals surface area contributed by atoms with Crippen molar-refractivity contribution in [2.75, 3.05) is 0 Å². The predicted molar refractivity (Wildman–Crippen MR) is 110 cm³/mol. The summed E-state index contributed by atoms with van der Waals surface area (Å²) in [7, 11) is 0. The van der Waals surface area contributed by atoms with Crippen molar-refractivity contribution in [3.8, 4) is 0 Å². The molecule has 0 saturated heterocycles. The molecule has 1 aromatic heterocycles. The zero-order valence-electron chi connectivity index (χ0n) is 15.6. The number of aromatic nitrogens is 2. The van der Waals surface area contributed by atoms with Crippen LogP contribution in [0.25, 0.3) is 22.3 Å². The van der Waals surface area contributed by atoms with Gasteiger partial charge in [0.15, 0.2) is 11.6 Å². The molecule has 148 valence electrons. The summed E-state index contributed by atoms with van der Waals surface area (Å²) in [5, 5.41) is 5.67. The number of H-pyrrole nitrogens is 1. The molecule has 0 saturated carbocycles. The molecule has 0 unspecified atom stereocenters. The van der Waals surface area contributed by atoms with Crippen molar-refractivity contribution in [3.63, 3.8) is 0 Å². The first kappa shape index (κ1) is 18.1. The van der Waals surface area contributed by atoms with Crippen LogP contribution in [0.3, 0.4) is 0 Å². The molecule has 1 aliphatic rings. The second-order valence-corrected chi connectivity index (χ2v) is 6.96. The number of nitrogens with one attached hydrogen (secondary N) is 3. The van der Waals surface area contributed by atoms with Crippen molar-refractivity contribution in [2.45, 2.75) is 6.04 Å². The molecular weight excluding hydrogens is 386 g/mol. The number of fused-ring (bicyclic) bond motifs is 1. The molecule has 3 N–H and O–H groups in total. The number of hydrogen-bond acceptors (Lipinski definition) is 2. The van der Waals surface area contributed by atoms with Gasteiger partial charge in [-0.2, -0.15) is 0 Å². The highest BCUT2D eigenvalue weighted by Gasteiger charge is 2.32. The predicted octanol–water partition coefficient (Wildman–Crippen LogP) is 4.76. The summed E-state index contributed by atoms with van der Waals surface area (Å²) in [6, 6.07) is 19.3. The van der Waals surface area contributed by atoms with Gasteiger partial charge >= 0.3 is 6.03 Å².